The molecule has 2 aromatic heterocycles. The van der Waals surface area contributed by atoms with Crippen LogP contribution < -0.4 is 15.7 Å². The Morgan fingerprint density at radius 2 is 1.94 bits per heavy atom. The van der Waals surface area contributed by atoms with Crippen LogP contribution in [0.2, 0.25) is 0 Å². The van der Waals surface area contributed by atoms with Crippen molar-refractivity contribution < 1.29 is 17.9 Å². The van der Waals surface area contributed by atoms with Crippen LogP contribution in [0.25, 0.3) is 22.2 Å². The number of sulfonamides is 1. The first-order valence-corrected chi connectivity index (χ1v) is 12.4. The van der Waals surface area contributed by atoms with Gasteiger partial charge in [0.05, 0.1) is 29.5 Å². The molecule has 2 heterocycles. The Hall–Kier alpha value is -3.41. The first kappa shape index (κ1) is 24.2. The van der Waals surface area contributed by atoms with E-state index in [4.69, 9.17) is 4.74 Å². The predicted octanol–water partition coefficient (Wildman–Crippen LogP) is 1.83. The molecule has 0 spiro atoms. The van der Waals surface area contributed by atoms with Crippen molar-refractivity contribution in [1.82, 2.24) is 19.4 Å². The summed E-state index contributed by atoms with van der Waals surface area (Å²) in [7, 11) is -4.37. The summed E-state index contributed by atoms with van der Waals surface area (Å²) in [5, 5.41) is 4.30. The summed E-state index contributed by atoms with van der Waals surface area (Å²) in [5.74, 6) is -0.0830. The number of nitrogens with one attached hydrogen (secondary N) is 1. The van der Waals surface area contributed by atoms with E-state index in [1.54, 1.807) is 42.9 Å². The summed E-state index contributed by atoms with van der Waals surface area (Å²) in [6, 6.07) is 5.05. The molecule has 0 saturated heterocycles. The molecule has 1 amide bonds. The van der Waals surface area contributed by atoms with Crippen LogP contribution in [0.3, 0.4) is 0 Å². The Morgan fingerprint density at radius 3 is 2.52 bits per heavy atom. The van der Waals surface area contributed by atoms with E-state index in [0.29, 0.717) is 24.8 Å². The molecule has 0 aliphatic carbocycles. The van der Waals surface area contributed by atoms with E-state index in [0.717, 1.165) is 11.3 Å². The number of hydrogen-bond acceptors (Lipinski definition) is 7. The average molecular weight is 478 g/mol. The van der Waals surface area contributed by atoms with Crippen molar-refractivity contribution in [3.8, 4) is 11.3 Å². The molecule has 0 radical (unpaired) electrons. The van der Waals surface area contributed by atoms with Crippen LogP contribution in [0.15, 0.2) is 34.0 Å². The minimum absolute atomic E-state index is 0.0379. The molecular formula is C21H27N5O6S. The molecule has 1 aromatic carbocycles. The molecule has 0 aliphatic heterocycles. The summed E-state index contributed by atoms with van der Waals surface area (Å²) < 4.78 is 31.9. The molecular weight excluding hydrogens is 450 g/mol. The smallest absolute Gasteiger partial charge is 0.444 e. The number of H-pyrrole nitrogens is 1. The van der Waals surface area contributed by atoms with Crippen LogP contribution in [0.5, 0.6) is 0 Å². The number of aryl methyl sites for hydroxylation is 2. The summed E-state index contributed by atoms with van der Waals surface area (Å²) in [5.41, 5.74) is 0.535. The van der Waals surface area contributed by atoms with E-state index in [9.17, 15) is 22.8 Å². The maximum absolute atomic E-state index is 13.4. The first-order chi connectivity index (χ1) is 15.5. The topological polar surface area (TPSA) is 136 Å². The number of hydrogen-bond donors (Lipinski definition) is 1. The lowest BCUT2D eigenvalue weighted by molar-refractivity contribution is 0.139. The van der Waals surface area contributed by atoms with Crippen LogP contribution in [0.1, 0.15) is 33.3 Å². The van der Waals surface area contributed by atoms with Gasteiger partial charge in [0, 0.05) is 18.3 Å². The summed E-state index contributed by atoms with van der Waals surface area (Å²) >= 11 is 0. The van der Waals surface area contributed by atoms with Crippen molar-refractivity contribution in [3.05, 3.63) is 50.8 Å². The van der Waals surface area contributed by atoms with Gasteiger partial charge in [0.15, 0.2) is 0 Å². The van der Waals surface area contributed by atoms with Gasteiger partial charge in [-0.25, -0.2) is 18.0 Å². The highest BCUT2D eigenvalue weighted by Crippen LogP contribution is 2.27. The summed E-state index contributed by atoms with van der Waals surface area (Å²) in [6.07, 6.45) is 1.63. The highest BCUT2D eigenvalue weighted by Gasteiger charge is 2.31. The number of rotatable bonds is 7. The molecule has 0 saturated carbocycles. The SMILES string of the molecule is CCc1cc2[nH]c(=O)n(N(C(=O)OCC(C)C)S(C)(=O)=O)c(=O)c2cc1-c1ccnn1CC. The van der Waals surface area contributed by atoms with E-state index in [-0.39, 0.29) is 32.5 Å². The van der Waals surface area contributed by atoms with Gasteiger partial charge in [-0.3, -0.25) is 9.48 Å². The van der Waals surface area contributed by atoms with Crippen molar-refractivity contribution >= 4 is 27.0 Å². The molecule has 0 fully saturated rings. The summed E-state index contributed by atoms with van der Waals surface area (Å²) in [6.45, 7) is 7.91. The van der Waals surface area contributed by atoms with Gasteiger partial charge in [-0.1, -0.05) is 25.2 Å². The molecule has 0 aliphatic rings. The van der Waals surface area contributed by atoms with E-state index in [1.165, 1.54) is 0 Å². The lowest BCUT2D eigenvalue weighted by Crippen LogP contribution is -2.56. The first-order valence-electron chi connectivity index (χ1n) is 10.5. The Bertz CT molecular complexity index is 1420. The van der Waals surface area contributed by atoms with Crippen molar-refractivity contribution in [3.63, 3.8) is 0 Å². The van der Waals surface area contributed by atoms with Crippen molar-refractivity contribution in [1.29, 1.82) is 0 Å². The van der Waals surface area contributed by atoms with Crippen molar-refractivity contribution in [2.45, 2.75) is 40.7 Å². The molecule has 3 rings (SSSR count). The third-order valence-corrected chi connectivity index (χ3v) is 5.91. The van der Waals surface area contributed by atoms with Gasteiger partial charge in [0.1, 0.15) is 0 Å². The quantitative estimate of drug-likeness (QED) is 0.548. The van der Waals surface area contributed by atoms with Crippen molar-refractivity contribution in [2.75, 3.05) is 17.3 Å². The number of nitrogens with zero attached hydrogens (tertiary/aromatic N) is 4. The molecule has 0 bridgehead atoms. The number of ether oxygens (including phenoxy) is 1. The van der Waals surface area contributed by atoms with E-state index >= 15 is 0 Å². The number of aromatic nitrogens is 4. The number of fused-ring (bicyclic) bond motifs is 1. The lowest BCUT2D eigenvalue weighted by Gasteiger charge is -2.21. The highest BCUT2D eigenvalue weighted by atomic mass is 32.2. The largest absolute Gasteiger partial charge is 0.447 e. The van der Waals surface area contributed by atoms with Crippen LogP contribution in [0.4, 0.5) is 4.79 Å². The van der Waals surface area contributed by atoms with Gasteiger partial charge in [0.2, 0.25) is 0 Å². The van der Waals surface area contributed by atoms with Crippen molar-refractivity contribution in [2.24, 2.45) is 5.92 Å². The van der Waals surface area contributed by atoms with E-state index in [1.807, 2.05) is 13.8 Å². The van der Waals surface area contributed by atoms with Gasteiger partial charge < -0.3 is 9.72 Å². The fourth-order valence-corrected chi connectivity index (χ4v) is 4.24. The molecule has 1 N–H and O–H groups in total. The fraction of sp³-hybridized carbons (Fsp3) is 0.429. The minimum atomic E-state index is -4.37. The van der Waals surface area contributed by atoms with E-state index < -0.39 is 27.4 Å². The molecule has 0 atom stereocenters. The van der Waals surface area contributed by atoms with Gasteiger partial charge in [0.25, 0.3) is 15.6 Å². The monoisotopic (exact) mass is 477 g/mol. The second kappa shape index (κ2) is 9.22. The highest BCUT2D eigenvalue weighted by molar-refractivity contribution is 7.92. The second-order valence-corrected chi connectivity index (χ2v) is 9.78. The van der Waals surface area contributed by atoms with Gasteiger partial charge >= 0.3 is 11.8 Å². The number of amides is 1. The van der Waals surface area contributed by atoms with Crippen LogP contribution in [0, 0.1) is 5.92 Å². The van der Waals surface area contributed by atoms with Gasteiger partial charge in [-0.2, -0.15) is 5.10 Å². The number of aromatic amines is 1. The Morgan fingerprint density at radius 1 is 1.24 bits per heavy atom. The fourth-order valence-electron chi connectivity index (χ4n) is 3.47. The Kier molecular flexibility index (Phi) is 6.77. The number of carbonyl (C=O) groups excluding carboxylic acids is 1. The van der Waals surface area contributed by atoms with Gasteiger partial charge in [-0.15, -0.1) is 4.68 Å². The molecule has 0 unspecified atom stereocenters. The Labute approximate surface area is 190 Å². The zero-order valence-electron chi connectivity index (χ0n) is 19.2. The van der Waals surface area contributed by atoms with Crippen LogP contribution >= 0.6 is 0 Å². The van der Waals surface area contributed by atoms with Crippen LogP contribution in [-0.2, 0) is 27.7 Å². The third-order valence-electron chi connectivity index (χ3n) is 4.97. The number of carbonyl (C=O) groups is 1. The van der Waals surface area contributed by atoms with E-state index in [2.05, 4.69) is 10.1 Å². The summed E-state index contributed by atoms with van der Waals surface area (Å²) in [4.78, 5) is 41.2. The predicted molar refractivity (Wildman–Crippen MR) is 124 cm³/mol. The molecule has 178 valence electrons. The molecule has 12 heteroatoms. The maximum atomic E-state index is 13.4. The average Bonchev–Trinajstić information content (AvgIpc) is 3.21. The lowest BCUT2D eigenvalue weighted by atomic mass is 9.99. The zero-order chi connectivity index (χ0) is 24.5. The molecule has 33 heavy (non-hydrogen) atoms. The Balaban J connectivity index is 2.30. The molecule has 3 aromatic rings. The number of benzene rings is 1. The third kappa shape index (κ3) is 4.70. The van der Waals surface area contributed by atoms with Crippen LogP contribution in [-0.4, -0.2) is 46.8 Å². The maximum Gasteiger partial charge on any atom is 0.444 e. The van der Waals surface area contributed by atoms with Gasteiger partial charge in [-0.05, 0) is 43.0 Å². The molecule has 11 nitrogen and oxygen atoms in total. The normalized spacial score (nSPS) is 11.8. The zero-order valence-corrected chi connectivity index (χ0v) is 20.0. The standard InChI is InChI=1S/C21H27N5O6S/c1-6-14-10-17-16(11-15(14)18-8-9-22-24(18)7-2)19(27)25(20(28)23-17)26(33(5,30)31)21(29)32-12-13(3)4/h8-11,13H,6-7,12H2,1-5H3,(H,23,28). The second-order valence-electron chi connectivity index (χ2n) is 7.96. The minimum Gasteiger partial charge on any atom is -0.447 e.